The highest BCUT2D eigenvalue weighted by Crippen LogP contribution is 2.33. The monoisotopic (exact) mass is 210 g/mol. The van der Waals surface area contributed by atoms with Crippen LogP contribution in [0.2, 0.25) is 0 Å². The summed E-state index contributed by atoms with van der Waals surface area (Å²) < 4.78 is 0. The first-order valence-corrected chi connectivity index (χ1v) is 6.15. The highest BCUT2D eigenvalue weighted by Gasteiger charge is 2.40. The molecule has 1 amide bonds. The van der Waals surface area contributed by atoms with Crippen LogP contribution in [0.15, 0.2) is 0 Å². The molecule has 0 aromatic heterocycles. The summed E-state index contributed by atoms with van der Waals surface area (Å²) in [6, 6.07) is 0.462. The Hall–Kier alpha value is -0.570. The van der Waals surface area contributed by atoms with Crippen LogP contribution in [0.1, 0.15) is 39.5 Å². The summed E-state index contributed by atoms with van der Waals surface area (Å²) in [4.78, 5) is 14.5. The Balaban J connectivity index is 2.05. The van der Waals surface area contributed by atoms with Crippen LogP contribution in [0.25, 0.3) is 0 Å². The fourth-order valence-electron chi connectivity index (χ4n) is 2.77. The van der Waals surface area contributed by atoms with Crippen LogP contribution in [0.3, 0.4) is 0 Å². The zero-order valence-electron chi connectivity index (χ0n) is 9.88. The van der Waals surface area contributed by atoms with E-state index in [9.17, 15) is 4.79 Å². The van der Waals surface area contributed by atoms with Crippen LogP contribution in [0.5, 0.6) is 0 Å². The first-order chi connectivity index (χ1) is 7.13. The van der Waals surface area contributed by atoms with Crippen LogP contribution in [-0.4, -0.2) is 36.5 Å². The highest BCUT2D eigenvalue weighted by atomic mass is 16.2. The van der Waals surface area contributed by atoms with Gasteiger partial charge >= 0.3 is 0 Å². The minimum atomic E-state index is -0.0934. The maximum atomic E-state index is 12.4. The van der Waals surface area contributed by atoms with Gasteiger partial charge in [0, 0.05) is 18.0 Å². The normalized spacial score (nSPS) is 30.5. The Bertz CT molecular complexity index is 246. The molecular weight excluding hydrogens is 188 g/mol. The molecule has 0 spiro atoms. The molecule has 1 N–H and O–H groups in total. The topological polar surface area (TPSA) is 32.3 Å². The Morgan fingerprint density at radius 2 is 2.07 bits per heavy atom. The summed E-state index contributed by atoms with van der Waals surface area (Å²) in [5, 5.41) is 3.33. The van der Waals surface area contributed by atoms with E-state index in [1.54, 1.807) is 0 Å². The lowest BCUT2D eigenvalue weighted by Crippen LogP contribution is -2.48. The molecule has 3 heteroatoms. The number of hydrogen-bond acceptors (Lipinski definition) is 2. The van der Waals surface area contributed by atoms with E-state index in [1.165, 1.54) is 12.8 Å². The molecule has 0 radical (unpaired) electrons. The van der Waals surface area contributed by atoms with E-state index >= 15 is 0 Å². The number of carbonyl (C=O) groups is 1. The molecule has 86 valence electrons. The summed E-state index contributed by atoms with van der Waals surface area (Å²) in [5.41, 5.74) is -0.0934. The van der Waals surface area contributed by atoms with Crippen molar-refractivity contribution in [3.8, 4) is 0 Å². The maximum absolute atomic E-state index is 12.4. The van der Waals surface area contributed by atoms with E-state index in [0.29, 0.717) is 11.9 Å². The second-order valence-electron chi connectivity index (χ2n) is 5.30. The molecule has 1 unspecified atom stereocenters. The Labute approximate surface area is 92.2 Å². The lowest BCUT2D eigenvalue weighted by molar-refractivity contribution is -0.143. The van der Waals surface area contributed by atoms with E-state index in [0.717, 1.165) is 32.5 Å². The molecular formula is C12H22N2O. The molecule has 15 heavy (non-hydrogen) atoms. The van der Waals surface area contributed by atoms with Crippen molar-refractivity contribution in [2.75, 3.05) is 19.6 Å². The molecule has 0 aliphatic carbocycles. The summed E-state index contributed by atoms with van der Waals surface area (Å²) in [7, 11) is 0. The number of rotatable bonds is 1. The molecule has 0 aromatic carbocycles. The van der Waals surface area contributed by atoms with Crippen molar-refractivity contribution in [2.24, 2.45) is 5.41 Å². The van der Waals surface area contributed by atoms with Crippen molar-refractivity contribution in [3.05, 3.63) is 0 Å². The van der Waals surface area contributed by atoms with Gasteiger partial charge in [0.2, 0.25) is 5.91 Å². The number of hydrogen-bond donors (Lipinski definition) is 1. The average Bonchev–Trinajstić information content (AvgIpc) is 2.64. The van der Waals surface area contributed by atoms with Crippen molar-refractivity contribution in [1.29, 1.82) is 0 Å². The van der Waals surface area contributed by atoms with Crippen LogP contribution in [0, 0.1) is 5.41 Å². The van der Waals surface area contributed by atoms with Gasteiger partial charge in [-0.3, -0.25) is 4.79 Å². The zero-order valence-corrected chi connectivity index (χ0v) is 9.88. The van der Waals surface area contributed by atoms with Gasteiger partial charge in [-0.15, -0.1) is 0 Å². The minimum Gasteiger partial charge on any atom is -0.340 e. The number of nitrogens with one attached hydrogen (secondary N) is 1. The van der Waals surface area contributed by atoms with Crippen LogP contribution in [0.4, 0.5) is 0 Å². The van der Waals surface area contributed by atoms with Gasteiger partial charge in [0.05, 0.1) is 0 Å². The third kappa shape index (κ3) is 2.03. The van der Waals surface area contributed by atoms with Crippen molar-refractivity contribution in [3.63, 3.8) is 0 Å². The average molecular weight is 210 g/mol. The van der Waals surface area contributed by atoms with Crippen LogP contribution in [-0.2, 0) is 4.79 Å². The summed E-state index contributed by atoms with van der Waals surface area (Å²) in [6.07, 6.45) is 4.35. The second-order valence-corrected chi connectivity index (χ2v) is 5.30. The van der Waals surface area contributed by atoms with Gasteiger partial charge in [-0.25, -0.2) is 0 Å². The van der Waals surface area contributed by atoms with Crippen molar-refractivity contribution < 1.29 is 4.79 Å². The quantitative estimate of drug-likeness (QED) is 0.709. The smallest absolute Gasteiger partial charge is 0.228 e. The molecule has 2 saturated heterocycles. The SMILES string of the molecule is CC1CCCN1C(=O)C1(C)CCNCC1. The maximum Gasteiger partial charge on any atom is 0.228 e. The predicted molar refractivity (Wildman–Crippen MR) is 60.6 cm³/mol. The van der Waals surface area contributed by atoms with Gasteiger partial charge < -0.3 is 10.2 Å². The molecule has 2 heterocycles. The fraction of sp³-hybridized carbons (Fsp3) is 0.917. The van der Waals surface area contributed by atoms with E-state index in [-0.39, 0.29) is 5.41 Å². The third-order valence-electron chi connectivity index (χ3n) is 4.04. The van der Waals surface area contributed by atoms with Crippen LogP contribution >= 0.6 is 0 Å². The number of likely N-dealkylation sites (tertiary alicyclic amines) is 1. The lowest BCUT2D eigenvalue weighted by atomic mass is 9.79. The summed E-state index contributed by atoms with van der Waals surface area (Å²) >= 11 is 0. The molecule has 2 aliphatic rings. The number of nitrogens with zero attached hydrogens (tertiary/aromatic N) is 1. The second kappa shape index (κ2) is 4.12. The van der Waals surface area contributed by atoms with E-state index in [2.05, 4.69) is 24.1 Å². The standard InChI is InChI=1S/C12H22N2O/c1-10-4-3-9-14(10)11(15)12(2)5-7-13-8-6-12/h10,13H,3-9H2,1-2H3. The molecule has 1 atom stereocenters. The van der Waals surface area contributed by atoms with E-state index < -0.39 is 0 Å². The third-order valence-corrected chi connectivity index (χ3v) is 4.04. The molecule has 2 aliphatic heterocycles. The fourth-order valence-corrected chi connectivity index (χ4v) is 2.77. The van der Waals surface area contributed by atoms with Crippen molar-refractivity contribution in [2.45, 2.75) is 45.6 Å². The van der Waals surface area contributed by atoms with E-state index in [1.807, 2.05) is 0 Å². The molecule has 0 bridgehead atoms. The van der Waals surface area contributed by atoms with Gasteiger partial charge in [0.1, 0.15) is 0 Å². The Morgan fingerprint density at radius 1 is 1.40 bits per heavy atom. The summed E-state index contributed by atoms with van der Waals surface area (Å²) in [6.45, 7) is 7.27. The van der Waals surface area contributed by atoms with Gasteiger partial charge in [-0.2, -0.15) is 0 Å². The zero-order chi connectivity index (χ0) is 10.9. The van der Waals surface area contributed by atoms with Gasteiger partial charge in [-0.05, 0) is 45.7 Å². The number of amides is 1. The first-order valence-electron chi connectivity index (χ1n) is 6.15. The van der Waals surface area contributed by atoms with Crippen molar-refractivity contribution in [1.82, 2.24) is 10.2 Å². The summed E-state index contributed by atoms with van der Waals surface area (Å²) in [5.74, 6) is 0.397. The molecule has 2 rings (SSSR count). The van der Waals surface area contributed by atoms with Gasteiger partial charge in [-0.1, -0.05) is 6.92 Å². The van der Waals surface area contributed by atoms with Crippen molar-refractivity contribution >= 4 is 5.91 Å². The largest absolute Gasteiger partial charge is 0.340 e. The minimum absolute atomic E-state index is 0.0934. The molecule has 2 fully saturated rings. The van der Waals surface area contributed by atoms with Gasteiger partial charge in [0.25, 0.3) is 0 Å². The Morgan fingerprint density at radius 3 is 2.60 bits per heavy atom. The molecule has 0 saturated carbocycles. The van der Waals surface area contributed by atoms with E-state index in [4.69, 9.17) is 0 Å². The molecule has 0 aromatic rings. The number of piperidine rings is 1. The first kappa shape index (κ1) is 10.9. The molecule has 3 nitrogen and oxygen atoms in total. The highest BCUT2D eigenvalue weighted by molar-refractivity contribution is 5.83. The Kier molecular flexibility index (Phi) is 3.01. The number of carbonyl (C=O) groups excluding carboxylic acids is 1. The predicted octanol–water partition coefficient (Wildman–Crippen LogP) is 1.39. The lowest BCUT2D eigenvalue weighted by Gasteiger charge is -2.37. The van der Waals surface area contributed by atoms with Gasteiger partial charge in [0.15, 0.2) is 0 Å². The van der Waals surface area contributed by atoms with Crippen LogP contribution < -0.4 is 5.32 Å².